The van der Waals surface area contributed by atoms with Crippen LogP contribution in [0.5, 0.6) is 5.75 Å². The SMILES string of the molecule is COc1ccc(-n2ccc(C(=O)Nc3ccc(NC(=O)NC4CC4)cc3)n2)cc1. The number of rotatable bonds is 6. The molecule has 1 aliphatic rings. The fourth-order valence-corrected chi connectivity index (χ4v) is 2.74. The van der Waals surface area contributed by atoms with E-state index >= 15 is 0 Å². The lowest BCUT2D eigenvalue weighted by atomic mass is 10.2. The zero-order chi connectivity index (χ0) is 20.2. The molecule has 8 nitrogen and oxygen atoms in total. The number of urea groups is 1. The van der Waals surface area contributed by atoms with Crippen molar-refractivity contribution in [2.45, 2.75) is 18.9 Å². The molecule has 1 heterocycles. The molecule has 0 spiro atoms. The zero-order valence-corrected chi connectivity index (χ0v) is 15.9. The number of hydrogen-bond donors (Lipinski definition) is 3. The van der Waals surface area contributed by atoms with Crippen molar-refractivity contribution in [3.63, 3.8) is 0 Å². The van der Waals surface area contributed by atoms with Crippen molar-refractivity contribution in [1.29, 1.82) is 0 Å². The van der Waals surface area contributed by atoms with E-state index in [0.717, 1.165) is 24.3 Å². The third-order valence-electron chi connectivity index (χ3n) is 4.47. The van der Waals surface area contributed by atoms with E-state index < -0.39 is 0 Å². The van der Waals surface area contributed by atoms with Gasteiger partial charge in [0.25, 0.3) is 5.91 Å². The van der Waals surface area contributed by atoms with E-state index in [1.807, 2.05) is 24.3 Å². The van der Waals surface area contributed by atoms with Crippen LogP contribution in [0.1, 0.15) is 23.3 Å². The molecule has 8 heteroatoms. The van der Waals surface area contributed by atoms with Gasteiger partial charge in [-0.2, -0.15) is 5.10 Å². The van der Waals surface area contributed by atoms with Gasteiger partial charge in [-0.05, 0) is 67.4 Å². The number of benzene rings is 2. The molecule has 0 aliphatic heterocycles. The number of amides is 3. The van der Waals surface area contributed by atoms with Gasteiger partial charge < -0.3 is 20.7 Å². The third-order valence-corrected chi connectivity index (χ3v) is 4.47. The standard InChI is InChI=1S/C21H21N5O3/c1-29-18-10-8-17(9-11-18)26-13-12-19(25-26)20(27)22-14-2-4-15(5-3-14)23-21(28)24-16-6-7-16/h2-5,8-13,16H,6-7H2,1H3,(H,22,27)(H2,23,24,28). The lowest BCUT2D eigenvalue weighted by molar-refractivity contribution is 0.102. The Bertz CT molecular complexity index is 1010. The van der Waals surface area contributed by atoms with Crippen LogP contribution in [-0.4, -0.2) is 34.9 Å². The van der Waals surface area contributed by atoms with Crippen LogP contribution < -0.4 is 20.7 Å². The van der Waals surface area contributed by atoms with E-state index in [1.54, 1.807) is 48.3 Å². The van der Waals surface area contributed by atoms with Crippen molar-refractivity contribution in [2.75, 3.05) is 17.7 Å². The summed E-state index contributed by atoms with van der Waals surface area (Å²) in [7, 11) is 1.61. The van der Waals surface area contributed by atoms with E-state index in [4.69, 9.17) is 4.74 Å². The largest absolute Gasteiger partial charge is 0.497 e. The maximum atomic E-state index is 12.5. The minimum Gasteiger partial charge on any atom is -0.497 e. The maximum Gasteiger partial charge on any atom is 0.319 e. The number of carbonyl (C=O) groups is 2. The molecule has 148 valence electrons. The molecule has 1 fully saturated rings. The van der Waals surface area contributed by atoms with Crippen LogP contribution in [0.2, 0.25) is 0 Å². The van der Waals surface area contributed by atoms with E-state index in [9.17, 15) is 9.59 Å². The summed E-state index contributed by atoms with van der Waals surface area (Å²) < 4.78 is 6.77. The summed E-state index contributed by atoms with van der Waals surface area (Å²) in [5.74, 6) is 0.436. The summed E-state index contributed by atoms with van der Waals surface area (Å²) >= 11 is 0. The van der Waals surface area contributed by atoms with Gasteiger partial charge in [-0.15, -0.1) is 0 Å². The highest BCUT2D eigenvalue weighted by molar-refractivity contribution is 6.03. The second-order valence-corrected chi connectivity index (χ2v) is 6.75. The Morgan fingerprint density at radius 1 is 0.966 bits per heavy atom. The maximum absolute atomic E-state index is 12.5. The molecular formula is C21H21N5O3. The summed E-state index contributed by atoms with van der Waals surface area (Å²) in [6, 6.07) is 16.0. The first kappa shape index (κ1) is 18.5. The Kier molecular flexibility index (Phi) is 5.15. The van der Waals surface area contributed by atoms with Crippen molar-refractivity contribution in [1.82, 2.24) is 15.1 Å². The van der Waals surface area contributed by atoms with Crippen LogP contribution >= 0.6 is 0 Å². The predicted molar refractivity (Wildman–Crippen MR) is 110 cm³/mol. The normalized spacial score (nSPS) is 12.9. The number of hydrogen-bond acceptors (Lipinski definition) is 4. The second kappa shape index (κ2) is 8.05. The number of carbonyl (C=O) groups excluding carboxylic acids is 2. The van der Waals surface area contributed by atoms with Crippen LogP contribution in [0.15, 0.2) is 60.8 Å². The summed E-state index contributed by atoms with van der Waals surface area (Å²) in [5.41, 5.74) is 2.39. The summed E-state index contributed by atoms with van der Waals surface area (Å²) in [4.78, 5) is 24.2. The third kappa shape index (κ3) is 4.73. The molecular weight excluding hydrogens is 370 g/mol. The van der Waals surface area contributed by atoms with Gasteiger partial charge in [0.15, 0.2) is 5.69 Å². The van der Waals surface area contributed by atoms with Gasteiger partial charge in [0.05, 0.1) is 12.8 Å². The number of methoxy groups -OCH3 is 1. The van der Waals surface area contributed by atoms with Crippen molar-refractivity contribution in [3.8, 4) is 11.4 Å². The molecule has 0 atom stereocenters. The highest BCUT2D eigenvalue weighted by Crippen LogP contribution is 2.19. The molecule has 4 rings (SSSR count). The molecule has 3 aromatic rings. The fourth-order valence-electron chi connectivity index (χ4n) is 2.74. The molecule has 0 saturated heterocycles. The van der Waals surface area contributed by atoms with E-state index in [0.29, 0.717) is 23.1 Å². The first-order chi connectivity index (χ1) is 14.1. The van der Waals surface area contributed by atoms with Gasteiger partial charge in [-0.3, -0.25) is 4.79 Å². The van der Waals surface area contributed by atoms with E-state index in [-0.39, 0.29) is 11.9 Å². The fraction of sp³-hybridized carbons (Fsp3) is 0.190. The molecule has 0 radical (unpaired) electrons. The van der Waals surface area contributed by atoms with Crippen LogP contribution in [-0.2, 0) is 0 Å². The topological polar surface area (TPSA) is 97.3 Å². The number of nitrogens with one attached hydrogen (secondary N) is 3. The van der Waals surface area contributed by atoms with Gasteiger partial charge in [-0.1, -0.05) is 0 Å². The lowest BCUT2D eigenvalue weighted by Crippen LogP contribution is -2.30. The Hall–Kier alpha value is -3.81. The molecule has 3 N–H and O–H groups in total. The Morgan fingerprint density at radius 2 is 1.62 bits per heavy atom. The molecule has 1 aromatic heterocycles. The Balaban J connectivity index is 1.36. The Labute approximate surface area is 167 Å². The van der Waals surface area contributed by atoms with Gasteiger partial charge in [0.2, 0.25) is 0 Å². The monoisotopic (exact) mass is 391 g/mol. The molecule has 0 unspecified atom stereocenters. The number of anilines is 2. The summed E-state index contributed by atoms with van der Waals surface area (Å²) in [6.07, 6.45) is 3.79. The van der Waals surface area contributed by atoms with Crippen molar-refractivity contribution in [3.05, 3.63) is 66.5 Å². The van der Waals surface area contributed by atoms with Crippen LogP contribution in [0.3, 0.4) is 0 Å². The van der Waals surface area contributed by atoms with Crippen molar-refractivity contribution >= 4 is 23.3 Å². The number of ether oxygens (including phenoxy) is 1. The Morgan fingerprint density at radius 3 is 2.24 bits per heavy atom. The van der Waals surface area contributed by atoms with Crippen LogP contribution in [0.25, 0.3) is 5.69 Å². The van der Waals surface area contributed by atoms with Crippen molar-refractivity contribution < 1.29 is 14.3 Å². The van der Waals surface area contributed by atoms with Gasteiger partial charge >= 0.3 is 6.03 Å². The quantitative estimate of drug-likeness (QED) is 0.600. The average Bonchev–Trinajstić information content (AvgIpc) is 3.40. The molecule has 29 heavy (non-hydrogen) atoms. The molecule has 1 aliphatic carbocycles. The van der Waals surface area contributed by atoms with Gasteiger partial charge in [-0.25, -0.2) is 9.48 Å². The predicted octanol–water partition coefficient (Wildman–Crippen LogP) is 3.42. The zero-order valence-electron chi connectivity index (χ0n) is 15.9. The second-order valence-electron chi connectivity index (χ2n) is 6.75. The summed E-state index contributed by atoms with van der Waals surface area (Å²) in [5, 5.41) is 12.7. The minimum absolute atomic E-state index is 0.214. The number of nitrogens with zero attached hydrogens (tertiary/aromatic N) is 2. The highest BCUT2D eigenvalue weighted by Gasteiger charge is 2.23. The minimum atomic E-state index is -0.315. The van der Waals surface area contributed by atoms with E-state index in [2.05, 4.69) is 21.0 Å². The number of aromatic nitrogens is 2. The molecule has 1 saturated carbocycles. The molecule has 0 bridgehead atoms. The van der Waals surface area contributed by atoms with Crippen molar-refractivity contribution in [2.24, 2.45) is 0 Å². The van der Waals surface area contributed by atoms with Gasteiger partial charge in [0, 0.05) is 23.6 Å². The van der Waals surface area contributed by atoms with Crippen LogP contribution in [0.4, 0.5) is 16.2 Å². The summed E-state index contributed by atoms with van der Waals surface area (Å²) in [6.45, 7) is 0. The lowest BCUT2D eigenvalue weighted by Gasteiger charge is -2.08. The average molecular weight is 391 g/mol. The van der Waals surface area contributed by atoms with Crippen LogP contribution in [0, 0.1) is 0 Å². The molecule has 2 aromatic carbocycles. The smallest absolute Gasteiger partial charge is 0.319 e. The first-order valence-electron chi connectivity index (χ1n) is 9.30. The van der Waals surface area contributed by atoms with E-state index in [1.165, 1.54) is 0 Å². The highest BCUT2D eigenvalue weighted by atomic mass is 16.5. The molecule has 3 amide bonds. The van der Waals surface area contributed by atoms with Gasteiger partial charge in [0.1, 0.15) is 5.75 Å². The first-order valence-corrected chi connectivity index (χ1v) is 9.30.